The predicted octanol–water partition coefficient (Wildman–Crippen LogP) is 4.70. The van der Waals surface area contributed by atoms with Gasteiger partial charge in [-0.1, -0.05) is 63.4 Å². The number of pyridine rings is 1. The first-order valence-corrected chi connectivity index (χ1v) is 8.53. The van der Waals surface area contributed by atoms with Gasteiger partial charge in [-0.2, -0.15) is 0 Å². The van der Waals surface area contributed by atoms with Crippen molar-refractivity contribution in [1.82, 2.24) is 0 Å². The number of aromatic nitrogens is 1. The summed E-state index contributed by atoms with van der Waals surface area (Å²) in [7, 11) is 0. The summed E-state index contributed by atoms with van der Waals surface area (Å²) in [5.74, 6) is 0. The zero-order chi connectivity index (χ0) is 15.2. The molecule has 0 atom stereocenters. The molecule has 1 aromatic heterocycles. The lowest BCUT2D eigenvalue weighted by Gasteiger charge is -2.01. The Hall–Kier alpha value is -1.38. The van der Waals surface area contributed by atoms with E-state index in [1.165, 1.54) is 70.4 Å². The summed E-state index contributed by atoms with van der Waals surface area (Å²) >= 11 is 0. The minimum absolute atomic E-state index is 0.937. The van der Waals surface area contributed by atoms with Crippen molar-refractivity contribution >= 4 is 6.21 Å². The van der Waals surface area contributed by atoms with Gasteiger partial charge in [-0.05, 0) is 12.5 Å². The first-order chi connectivity index (χ1) is 10.4. The molecule has 1 heterocycles. The first kappa shape index (κ1) is 17.7. The summed E-state index contributed by atoms with van der Waals surface area (Å²) < 4.78 is 2.17. The van der Waals surface area contributed by atoms with Gasteiger partial charge < -0.3 is 5.21 Å². The van der Waals surface area contributed by atoms with Gasteiger partial charge in [0.2, 0.25) is 0 Å². The van der Waals surface area contributed by atoms with Crippen molar-refractivity contribution in [3.05, 3.63) is 30.1 Å². The molecule has 21 heavy (non-hydrogen) atoms. The van der Waals surface area contributed by atoms with Crippen molar-refractivity contribution < 1.29 is 9.77 Å². The van der Waals surface area contributed by atoms with Crippen LogP contribution in [0.1, 0.15) is 76.7 Å². The summed E-state index contributed by atoms with van der Waals surface area (Å²) in [4.78, 5) is 0. The molecule has 0 aliphatic heterocycles. The van der Waals surface area contributed by atoms with Gasteiger partial charge in [0.15, 0.2) is 12.4 Å². The van der Waals surface area contributed by atoms with Gasteiger partial charge in [0.25, 0.3) is 0 Å². The molecule has 1 rings (SSSR count). The molecule has 1 N–H and O–H groups in total. The fraction of sp³-hybridized carbons (Fsp3) is 0.667. The average molecular weight is 291 g/mol. The van der Waals surface area contributed by atoms with E-state index >= 15 is 0 Å². The summed E-state index contributed by atoms with van der Waals surface area (Å²) in [6, 6.07) is 3.93. The average Bonchev–Trinajstić information content (AvgIpc) is 2.50. The summed E-state index contributed by atoms with van der Waals surface area (Å²) in [6.07, 6.45) is 19.2. The molecule has 118 valence electrons. The van der Waals surface area contributed by atoms with Crippen LogP contribution in [0.2, 0.25) is 0 Å². The third-order valence-corrected chi connectivity index (χ3v) is 3.86. The highest BCUT2D eigenvalue weighted by Gasteiger charge is 2.01. The van der Waals surface area contributed by atoms with Crippen molar-refractivity contribution in [3.8, 4) is 0 Å². The van der Waals surface area contributed by atoms with E-state index in [0.29, 0.717) is 0 Å². The maximum absolute atomic E-state index is 8.54. The van der Waals surface area contributed by atoms with Gasteiger partial charge >= 0.3 is 0 Å². The standard InChI is InChI=1S/C18H30N2O/c1-2-3-4-5-6-7-8-9-10-11-14-20-15-12-13-18(17-20)16-19-21/h12-13,15-17H,2-11,14H2,1H3/p+1/b19-16+. The van der Waals surface area contributed by atoms with Crippen LogP contribution in [0.5, 0.6) is 0 Å². The zero-order valence-corrected chi connectivity index (χ0v) is 13.5. The van der Waals surface area contributed by atoms with Crippen LogP contribution in [0.15, 0.2) is 29.7 Å². The Morgan fingerprint density at radius 1 is 1.00 bits per heavy atom. The SMILES string of the molecule is CCCCCCCCCCCC[n+]1cccc(/C=N/O)c1. The topological polar surface area (TPSA) is 36.5 Å². The van der Waals surface area contributed by atoms with Crippen LogP contribution in [-0.4, -0.2) is 11.4 Å². The highest BCUT2D eigenvalue weighted by Crippen LogP contribution is 2.10. The van der Waals surface area contributed by atoms with Gasteiger partial charge in [0.1, 0.15) is 6.54 Å². The zero-order valence-electron chi connectivity index (χ0n) is 13.5. The van der Waals surface area contributed by atoms with Gasteiger partial charge in [-0.15, -0.1) is 0 Å². The Kier molecular flexibility index (Phi) is 10.4. The number of hydrogen-bond donors (Lipinski definition) is 1. The lowest BCUT2D eigenvalue weighted by molar-refractivity contribution is -0.697. The second-order valence-electron chi connectivity index (χ2n) is 5.80. The Balaban J connectivity index is 2.00. The molecular weight excluding hydrogens is 260 g/mol. The maximum Gasteiger partial charge on any atom is 0.177 e. The van der Waals surface area contributed by atoms with Crippen LogP contribution in [0.4, 0.5) is 0 Å². The summed E-state index contributed by atoms with van der Waals surface area (Å²) in [5, 5.41) is 11.6. The molecule has 0 aliphatic rings. The Morgan fingerprint density at radius 2 is 1.62 bits per heavy atom. The molecule has 0 aromatic carbocycles. The summed E-state index contributed by atoms with van der Waals surface area (Å²) in [5.41, 5.74) is 0.937. The number of unbranched alkanes of at least 4 members (excludes halogenated alkanes) is 9. The quantitative estimate of drug-likeness (QED) is 0.196. The normalized spacial score (nSPS) is 11.3. The lowest BCUT2D eigenvalue weighted by atomic mass is 10.1. The van der Waals surface area contributed by atoms with Crippen LogP contribution in [0.25, 0.3) is 0 Å². The van der Waals surface area contributed by atoms with Crippen LogP contribution in [0.3, 0.4) is 0 Å². The molecule has 0 radical (unpaired) electrons. The van der Waals surface area contributed by atoms with E-state index in [0.717, 1.165) is 12.1 Å². The highest BCUT2D eigenvalue weighted by molar-refractivity contribution is 5.77. The van der Waals surface area contributed by atoms with Crippen molar-refractivity contribution in [2.24, 2.45) is 5.16 Å². The monoisotopic (exact) mass is 291 g/mol. The summed E-state index contributed by atoms with van der Waals surface area (Å²) in [6.45, 7) is 3.31. The minimum atomic E-state index is 0.937. The smallest absolute Gasteiger partial charge is 0.177 e. The molecule has 0 aliphatic carbocycles. The first-order valence-electron chi connectivity index (χ1n) is 8.53. The second-order valence-corrected chi connectivity index (χ2v) is 5.80. The molecular formula is C18H31N2O+. The van der Waals surface area contributed by atoms with Crippen molar-refractivity contribution in [2.75, 3.05) is 0 Å². The molecule has 0 unspecified atom stereocenters. The number of oxime groups is 1. The van der Waals surface area contributed by atoms with Crippen LogP contribution in [0, 0.1) is 0 Å². The second kappa shape index (κ2) is 12.4. The molecule has 0 saturated carbocycles. The third kappa shape index (κ3) is 9.22. The van der Waals surface area contributed by atoms with Crippen molar-refractivity contribution in [3.63, 3.8) is 0 Å². The van der Waals surface area contributed by atoms with E-state index < -0.39 is 0 Å². The third-order valence-electron chi connectivity index (χ3n) is 3.86. The molecule has 0 saturated heterocycles. The van der Waals surface area contributed by atoms with Crippen LogP contribution in [-0.2, 0) is 6.54 Å². The van der Waals surface area contributed by atoms with E-state index in [9.17, 15) is 0 Å². The van der Waals surface area contributed by atoms with Gasteiger partial charge in [-0.25, -0.2) is 4.57 Å². The van der Waals surface area contributed by atoms with E-state index in [1.807, 2.05) is 18.3 Å². The van der Waals surface area contributed by atoms with E-state index in [2.05, 4.69) is 22.8 Å². The Bertz CT molecular complexity index is 391. The molecule has 0 bridgehead atoms. The highest BCUT2D eigenvalue weighted by atomic mass is 16.4. The fourth-order valence-corrected chi connectivity index (χ4v) is 2.61. The molecule has 0 fully saturated rings. The minimum Gasteiger partial charge on any atom is -0.411 e. The van der Waals surface area contributed by atoms with E-state index in [-0.39, 0.29) is 0 Å². The number of hydrogen-bond acceptors (Lipinski definition) is 2. The van der Waals surface area contributed by atoms with Crippen molar-refractivity contribution in [1.29, 1.82) is 0 Å². The van der Waals surface area contributed by atoms with Gasteiger partial charge in [-0.3, -0.25) is 0 Å². The van der Waals surface area contributed by atoms with Gasteiger partial charge in [0.05, 0.1) is 11.8 Å². The maximum atomic E-state index is 8.54. The largest absolute Gasteiger partial charge is 0.411 e. The van der Waals surface area contributed by atoms with Crippen molar-refractivity contribution in [2.45, 2.75) is 77.7 Å². The van der Waals surface area contributed by atoms with Gasteiger partial charge in [0, 0.05) is 12.5 Å². The lowest BCUT2D eigenvalue weighted by Crippen LogP contribution is -2.33. The van der Waals surface area contributed by atoms with Crippen LogP contribution >= 0.6 is 0 Å². The Morgan fingerprint density at radius 3 is 2.24 bits per heavy atom. The number of nitrogens with zero attached hydrogens (tertiary/aromatic N) is 2. The van der Waals surface area contributed by atoms with E-state index in [1.54, 1.807) is 0 Å². The molecule has 0 amide bonds. The fourth-order valence-electron chi connectivity index (χ4n) is 2.61. The Labute approximate surface area is 129 Å². The molecule has 0 spiro atoms. The van der Waals surface area contributed by atoms with E-state index in [4.69, 9.17) is 5.21 Å². The van der Waals surface area contributed by atoms with Crippen LogP contribution < -0.4 is 4.57 Å². The molecule has 1 aromatic rings. The number of rotatable bonds is 12. The molecule has 3 heteroatoms. The molecule has 3 nitrogen and oxygen atoms in total. The predicted molar refractivity (Wildman–Crippen MR) is 87.9 cm³/mol. The number of aryl methyl sites for hydroxylation is 1.